The summed E-state index contributed by atoms with van der Waals surface area (Å²) in [5, 5.41) is 10.9. The lowest BCUT2D eigenvalue weighted by Gasteiger charge is -2.26. The summed E-state index contributed by atoms with van der Waals surface area (Å²) in [7, 11) is 0. The topological polar surface area (TPSA) is 46.4 Å². The molecule has 17 heavy (non-hydrogen) atoms. The number of likely N-dealkylation sites (tertiary alicyclic amines) is 1. The molecule has 0 bridgehead atoms. The Balaban J connectivity index is 2.06. The zero-order valence-corrected chi connectivity index (χ0v) is 10.3. The van der Waals surface area contributed by atoms with Crippen LogP contribution >= 0.6 is 11.6 Å². The molecule has 0 spiro atoms. The molecule has 1 aliphatic rings. The van der Waals surface area contributed by atoms with Gasteiger partial charge in [-0.25, -0.2) is 0 Å². The van der Waals surface area contributed by atoms with Gasteiger partial charge in [-0.2, -0.15) is 0 Å². The van der Waals surface area contributed by atoms with Gasteiger partial charge in [-0.1, -0.05) is 24.1 Å². The van der Waals surface area contributed by atoms with E-state index in [1.165, 1.54) is 25.3 Å². The second kappa shape index (κ2) is 5.47. The third-order valence-corrected chi connectivity index (χ3v) is 3.37. The second-order valence-electron chi connectivity index (χ2n) is 4.38. The van der Waals surface area contributed by atoms with Crippen molar-refractivity contribution in [2.75, 3.05) is 13.1 Å². The van der Waals surface area contributed by atoms with Crippen LogP contribution in [0, 0.1) is 10.1 Å². The summed E-state index contributed by atoms with van der Waals surface area (Å²) < 4.78 is 0. The maximum Gasteiger partial charge on any atom is 0.287 e. The average Bonchev–Trinajstić information content (AvgIpc) is 2.30. The molecule has 5 heteroatoms. The van der Waals surface area contributed by atoms with Gasteiger partial charge in [0.2, 0.25) is 0 Å². The number of piperidine rings is 1. The van der Waals surface area contributed by atoms with Gasteiger partial charge in [0.15, 0.2) is 0 Å². The van der Waals surface area contributed by atoms with Crippen molar-refractivity contribution in [1.29, 1.82) is 0 Å². The summed E-state index contributed by atoms with van der Waals surface area (Å²) in [6.07, 6.45) is 3.78. The van der Waals surface area contributed by atoms with Crippen LogP contribution < -0.4 is 0 Å². The maximum absolute atomic E-state index is 10.6. The second-order valence-corrected chi connectivity index (χ2v) is 4.79. The van der Waals surface area contributed by atoms with Crippen LogP contribution in [0.25, 0.3) is 0 Å². The van der Waals surface area contributed by atoms with Gasteiger partial charge >= 0.3 is 0 Å². The lowest BCUT2D eigenvalue weighted by molar-refractivity contribution is -0.384. The molecule has 0 aliphatic carbocycles. The monoisotopic (exact) mass is 254 g/mol. The fourth-order valence-electron chi connectivity index (χ4n) is 2.17. The number of benzene rings is 1. The Morgan fingerprint density at radius 1 is 1.29 bits per heavy atom. The van der Waals surface area contributed by atoms with Gasteiger partial charge in [0.05, 0.1) is 4.92 Å². The van der Waals surface area contributed by atoms with Crippen molar-refractivity contribution in [2.45, 2.75) is 25.8 Å². The van der Waals surface area contributed by atoms with Crippen LogP contribution in [-0.4, -0.2) is 22.9 Å². The molecule has 0 N–H and O–H groups in total. The number of hydrogen-bond donors (Lipinski definition) is 0. The average molecular weight is 255 g/mol. The Morgan fingerprint density at radius 3 is 2.59 bits per heavy atom. The van der Waals surface area contributed by atoms with E-state index in [-0.39, 0.29) is 10.7 Å². The molecular formula is C12H15ClN2O2. The summed E-state index contributed by atoms with van der Waals surface area (Å²) in [6.45, 7) is 3.04. The molecule has 0 unspecified atom stereocenters. The quantitative estimate of drug-likeness (QED) is 0.615. The first-order valence-electron chi connectivity index (χ1n) is 5.82. The van der Waals surface area contributed by atoms with Gasteiger partial charge in [0.1, 0.15) is 5.02 Å². The number of nitro benzene ring substituents is 1. The minimum atomic E-state index is -0.451. The molecule has 1 aromatic carbocycles. The highest BCUT2D eigenvalue weighted by molar-refractivity contribution is 6.32. The Morgan fingerprint density at radius 2 is 2.00 bits per heavy atom. The molecule has 1 saturated heterocycles. The van der Waals surface area contributed by atoms with E-state index in [0.717, 1.165) is 25.2 Å². The molecular weight excluding hydrogens is 240 g/mol. The van der Waals surface area contributed by atoms with Gasteiger partial charge in [-0.05, 0) is 37.6 Å². The lowest BCUT2D eigenvalue weighted by Crippen LogP contribution is -2.29. The number of hydrogen-bond acceptors (Lipinski definition) is 3. The van der Waals surface area contributed by atoms with Crippen molar-refractivity contribution in [2.24, 2.45) is 0 Å². The molecule has 2 rings (SSSR count). The first-order chi connectivity index (χ1) is 8.16. The Bertz CT molecular complexity index is 417. The van der Waals surface area contributed by atoms with E-state index in [0.29, 0.717) is 0 Å². The highest BCUT2D eigenvalue weighted by Gasteiger charge is 2.14. The van der Waals surface area contributed by atoms with Crippen molar-refractivity contribution in [1.82, 2.24) is 4.90 Å². The Labute approximate surface area is 105 Å². The summed E-state index contributed by atoms with van der Waals surface area (Å²) >= 11 is 5.88. The highest BCUT2D eigenvalue weighted by Crippen LogP contribution is 2.25. The van der Waals surface area contributed by atoms with E-state index in [2.05, 4.69) is 4.90 Å². The number of nitro groups is 1. The van der Waals surface area contributed by atoms with E-state index >= 15 is 0 Å². The standard InChI is InChI=1S/C12H15ClN2O2/c13-11-8-10(4-5-12(11)15(16)17)9-14-6-2-1-3-7-14/h4-5,8H,1-3,6-7,9H2. The molecule has 1 aliphatic heterocycles. The normalized spacial score (nSPS) is 17.0. The molecule has 0 atom stereocenters. The van der Waals surface area contributed by atoms with Crippen LogP contribution in [0.1, 0.15) is 24.8 Å². The van der Waals surface area contributed by atoms with Gasteiger partial charge < -0.3 is 0 Å². The largest absolute Gasteiger partial charge is 0.299 e. The van der Waals surface area contributed by atoms with Gasteiger partial charge in [-0.3, -0.25) is 15.0 Å². The van der Waals surface area contributed by atoms with Crippen LogP contribution in [0.15, 0.2) is 18.2 Å². The molecule has 4 nitrogen and oxygen atoms in total. The first kappa shape index (κ1) is 12.3. The predicted octanol–water partition coefficient (Wildman–Crippen LogP) is 3.23. The summed E-state index contributed by atoms with van der Waals surface area (Å²) in [5.74, 6) is 0. The minimum Gasteiger partial charge on any atom is -0.299 e. The van der Waals surface area contributed by atoms with Crippen molar-refractivity contribution < 1.29 is 4.92 Å². The Hall–Kier alpha value is -1.13. The smallest absolute Gasteiger partial charge is 0.287 e. The van der Waals surface area contributed by atoms with Crippen molar-refractivity contribution >= 4 is 17.3 Å². The minimum absolute atomic E-state index is 0.0194. The molecule has 0 radical (unpaired) electrons. The third-order valence-electron chi connectivity index (χ3n) is 3.06. The van der Waals surface area contributed by atoms with Gasteiger partial charge in [0, 0.05) is 12.6 Å². The molecule has 92 valence electrons. The number of rotatable bonds is 3. The zero-order valence-electron chi connectivity index (χ0n) is 9.56. The van der Waals surface area contributed by atoms with E-state index in [1.807, 2.05) is 0 Å². The predicted molar refractivity (Wildman–Crippen MR) is 67.2 cm³/mol. The van der Waals surface area contributed by atoms with Crippen LogP contribution in [0.5, 0.6) is 0 Å². The molecule has 0 saturated carbocycles. The first-order valence-corrected chi connectivity index (χ1v) is 6.20. The third kappa shape index (κ3) is 3.17. The van der Waals surface area contributed by atoms with Gasteiger partial charge in [0.25, 0.3) is 5.69 Å². The number of halogens is 1. The number of nitrogens with zero attached hydrogens (tertiary/aromatic N) is 2. The highest BCUT2D eigenvalue weighted by atomic mass is 35.5. The van der Waals surface area contributed by atoms with Crippen LogP contribution in [0.4, 0.5) is 5.69 Å². The van der Waals surface area contributed by atoms with E-state index in [1.54, 1.807) is 12.1 Å². The molecule has 1 fully saturated rings. The lowest BCUT2D eigenvalue weighted by atomic mass is 10.1. The Kier molecular flexibility index (Phi) is 3.97. The van der Waals surface area contributed by atoms with E-state index < -0.39 is 4.92 Å². The van der Waals surface area contributed by atoms with E-state index in [9.17, 15) is 10.1 Å². The molecule has 0 aromatic heterocycles. The van der Waals surface area contributed by atoms with Crippen LogP contribution in [0.2, 0.25) is 5.02 Å². The molecule has 1 aromatic rings. The van der Waals surface area contributed by atoms with Crippen molar-refractivity contribution in [3.63, 3.8) is 0 Å². The fourth-order valence-corrected chi connectivity index (χ4v) is 2.44. The zero-order chi connectivity index (χ0) is 12.3. The summed E-state index contributed by atoms with van der Waals surface area (Å²) in [4.78, 5) is 12.5. The van der Waals surface area contributed by atoms with Crippen molar-refractivity contribution in [3.05, 3.63) is 38.9 Å². The van der Waals surface area contributed by atoms with Crippen LogP contribution in [-0.2, 0) is 6.54 Å². The van der Waals surface area contributed by atoms with Crippen LogP contribution in [0.3, 0.4) is 0 Å². The van der Waals surface area contributed by atoms with E-state index in [4.69, 9.17) is 11.6 Å². The van der Waals surface area contributed by atoms with Crippen molar-refractivity contribution in [3.8, 4) is 0 Å². The molecule has 1 heterocycles. The van der Waals surface area contributed by atoms with Gasteiger partial charge in [-0.15, -0.1) is 0 Å². The summed E-state index contributed by atoms with van der Waals surface area (Å²) in [6, 6.07) is 4.98. The fraction of sp³-hybridized carbons (Fsp3) is 0.500. The molecule has 0 amide bonds. The SMILES string of the molecule is O=[N+]([O-])c1ccc(CN2CCCCC2)cc1Cl. The maximum atomic E-state index is 10.6. The summed E-state index contributed by atoms with van der Waals surface area (Å²) in [5.41, 5.74) is 1.02.